The molecule has 2 aromatic carbocycles. The SMILES string of the molecule is N#Cc1ccc(Cl)cc1Oc1ccc2c(c1)CCC2. The number of rotatable bonds is 2. The Morgan fingerprint density at radius 2 is 1.89 bits per heavy atom. The third kappa shape index (κ3) is 2.43. The molecule has 1 aliphatic rings. The van der Waals surface area contributed by atoms with Crippen molar-refractivity contribution in [2.75, 3.05) is 0 Å². The highest BCUT2D eigenvalue weighted by atomic mass is 35.5. The number of aryl methyl sites for hydroxylation is 2. The van der Waals surface area contributed by atoms with Gasteiger partial charge in [0.25, 0.3) is 0 Å². The van der Waals surface area contributed by atoms with Gasteiger partial charge >= 0.3 is 0 Å². The van der Waals surface area contributed by atoms with E-state index in [0.29, 0.717) is 16.3 Å². The lowest BCUT2D eigenvalue weighted by Gasteiger charge is -2.09. The van der Waals surface area contributed by atoms with Gasteiger partial charge in [-0.1, -0.05) is 17.7 Å². The van der Waals surface area contributed by atoms with E-state index in [-0.39, 0.29) is 0 Å². The van der Waals surface area contributed by atoms with Crippen molar-refractivity contribution in [1.82, 2.24) is 0 Å². The molecule has 0 aromatic heterocycles. The molecule has 0 saturated heterocycles. The predicted octanol–water partition coefficient (Wildman–Crippen LogP) is 4.49. The Morgan fingerprint density at radius 1 is 1.05 bits per heavy atom. The number of nitriles is 1. The van der Waals surface area contributed by atoms with Gasteiger partial charge in [0.05, 0.1) is 5.56 Å². The molecule has 0 bridgehead atoms. The lowest BCUT2D eigenvalue weighted by molar-refractivity contribution is 0.480. The zero-order chi connectivity index (χ0) is 13.2. The van der Waals surface area contributed by atoms with Crippen LogP contribution in [0.1, 0.15) is 23.1 Å². The third-order valence-corrected chi connectivity index (χ3v) is 3.60. The largest absolute Gasteiger partial charge is 0.456 e. The van der Waals surface area contributed by atoms with Crippen LogP contribution in [0.25, 0.3) is 0 Å². The highest BCUT2D eigenvalue weighted by Gasteiger charge is 2.12. The molecule has 3 heteroatoms. The summed E-state index contributed by atoms with van der Waals surface area (Å²) in [7, 11) is 0. The van der Waals surface area contributed by atoms with E-state index in [1.54, 1.807) is 18.2 Å². The average Bonchev–Trinajstić information content (AvgIpc) is 2.86. The molecule has 0 aliphatic heterocycles. The smallest absolute Gasteiger partial charge is 0.146 e. The van der Waals surface area contributed by atoms with Gasteiger partial charge in [-0.25, -0.2) is 0 Å². The van der Waals surface area contributed by atoms with Gasteiger partial charge in [0, 0.05) is 11.1 Å². The van der Waals surface area contributed by atoms with Crippen LogP contribution >= 0.6 is 11.6 Å². The molecule has 2 nitrogen and oxygen atoms in total. The first-order valence-corrected chi connectivity index (χ1v) is 6.63. The first kappa shape index (κ1) is 12.1. The number of hydrogen-bond acceptors (Lipinski definition) is 2. The summed E-state index contributed by atoms with van der Waals surface area (Å²) < 4.78 is 5.80. The molecular formula is C16H12ClNO. The van der Waals surface area contributed by atoms with E-state index in [0.717, 1.165) is 18.6 Å². The quantitative estimate of drug-likeness (QED) is 0.804. The summed E-state index contributed by atoms with van der Waals surface area (Å²) in [5.41, 5.74) is 3.24. The Bertz CT molecular complexity index is 673. The number of nitrogens with zero attached hydrogens (tertiary/aromatic N) is 1. The normalized spacial score (nSPS) is 12.8. The maximum atomic E-state index is 9.07. The monoisotopic (exact) mass is 269 g/mol. The number of ether oxygens (including phenoxy) is 1. The summed E-state index contributed by atoms with van der Waals surface area (Å²) in [4.78, 5) is 0. The Labute approximate surface area is 117 Å². The van der Waals surface area contributed by atoms with E-state index in [1.165, 1.54) is 17.5 Å². The average molecular weight is 270 g/mol. The van der Waals surface area contributed by atoms with E-state index >= 15 is 0 Å². The lowest BCUT2D eigenvalue weighted by atomic mass is 10.1. The molecule has 3 rings (SSSR count). The van der Waals surface area contributed by atoms with Crippen molar-refractivity contribution in [2.24, 2.45) is 0 Å². The Kier molecular flexibility index (Phi) is 3.15. The molecule has 0 radical (unpaired) electrons. The van der Waals surface area contributed by atoms with Gasteiger partial charge in [0.1, 0.15) is 17.6 Å². The van der Waals surface area contributed by atoms with Crippen LogP contribution in [-0.2, 0) is 12.8 Å². The minimum absolute atomic E-state index is 0.491. The summed E-state index contributed by atoms with van der Waals surface area (Å²) in [5, 5.41) is 9.63. The summed E-state index contributed by atoms with van der Waals surface area (Å²) >= 11 is 5.94. The van der Waals surface area contributed by atoms with Gasteiger partial charge in [-0.2, -0.15) is 5.26 Å². The highest BCUT2D eigenvalue weighted by molar-refractivity contribution is 6.30. The van der Waals surface area contributed by atoms with Crippen LogP contribution in [0.5, 0.6) is 11.5 Å². The molecule has 19 heavy (non-hydrogen) atoms. The molecule has 94 valence electrons. The molecule has 0 saturated carbocycles. The van der Waals surface area contributed by atoms with E-state index in [1.807, 2.05) is 6.07 Å². The fraction of sp³-hybridized carbons (Fsp3) is 0.188. The highest BCUT2D eigenvalue weighted by Crippen LogP contribution is 2.31. The van der Waals surface area contributed by atoms with Crippen molar-refractivity contribution < 1.29 is 4.74 Å². The zero-order valence-corrected chi connectivity index (χ0v) is 11.1. The Hall–Kier alpha value is -1.98. The summed E-state index contributed by atoms with van der Waals surface area (Å²) in [6.07, 6.45) is 3.46. The van der Waals surface area contributed by atoms with Crippen molar-refractivity contribution >= 4 is 11.6 Å². The molecule has 0 amide bonds. The number of fused-ring (bicyclic) bond motifs is 1. The van der Waals surface area contributed by atoms with Crippen LogP contribution in [0.2, 0.25) is 5.02 Å². The van der Waals surface area contributed by atoms with Crippen LogP contribution in [0.4, 0.5) is 0 Å². The Balaban J connectivity index is 1.93. The topological polar surface area (TPSA) is 33.0 Å². The molecule has 2 aromatic rings. The predicted molar refractivity (Wildman–Crippen MR) is 74.7 cm³/mol. The third-order valence-electron chi connectivity index (χ3n) is 3.36. The summed E-state index contributed by atoms with van der Waals surface area (Å²) in [6.45, 7) is 0. The first-order chi connectivity index (χ1) is 9.26. The molecule has 0 unspecified atom stereocenters. The van der Waals surface area contributed by atoms with Crippen LogP contribution in [0, 0.1) is 11.3 Å². The second-order valence-corrected chi connectivity index (χ2v) is 5.07. The Morgan fingerprint density at radius 3 is 2.74 bits per heavy atom. The summed E-state index contributed by atoms with van der Waals surface area (Å²) in [5.74, 6) is 1.27. The first-order valence-electron chi connectivity index (χ1n) is 6.25. The number of benzene rings is 2. The maximum absolute atomic E-state index is 9.07. The van der Waals surface area contributed by atoms with E-state index in [4.69, 9.17) is 21.6 Å². The van der Waals surface area contributed by atoms with Gasteiger partial charge in [-0.05, 0) is 54.7 Å². The van der Waals surface area contributed by atoms with Crippen molar-refractivity contribution in [3.8, 4) is 17.6 Å². The van der Waals surface area contributed by atoms with E-state index < -0.39 is 0 Å². The number of hydrogen-bond donors (Lipinski definition) is 0. The van der Waals surface area contributed by atoms with Crippen molar-refractivity contribution in [2.45, 2.75) is 19.3 Å². The van der Waals surface area contributed by atoms with Crippen molar-refractivity contribution in [3.05, 3.63) is 58.1 Å². The van der Waals surface area contributed by atoms with Crippen LogP contribution in [0.15, 0.2) is 36.4 Å². The van der Waals surface area contributed by atoms with E-state index in [9.17, 15) is 0 Å². The van der Waals surface area contributed by atoms with Crippen molar-refractivity contribution in [1.29, 1.82) is 5.26 Å². The fourth-order valence-corrected chi connectivity index (χ4v) is 2.57. The minimum Gasteiger partial charge on any atom is -0.456 e. The van der Waals surface area contributed by atoms with E-state index in [2.05, 4.69) is 18.2 Å². The standard InChI is InChI=1S/C16H12ClNO/c17-14-6-4-13(10-18)16(9-14)19-15-7-5-11-2-1-3-12(11)8-15/h4-9H,1-3H2. The van der Waals surface area contributed by atoms with Gasteiger partial charge in [-0.15, -0.1) is 0 Å². The van der Waals surface area contributed by atoms with Crippen molar-refractivity contribution in [3.63, 3.8) is 0 Å². The maximum Gasteiger partial charge on any atom is 0.146 e. The van der Waals surface area contributed by atoms with Gasteiger partial charge in [-0.3, -0.25) is 0 Å². The zero-order valence-electron chi connectivity index (χ0n) is 10.3. The van der Waals surface area contributed by atoms with Crippen LogP contribution < -0.4 is 4.74 Å². The minimum atomic E-state index is 0.491. The molecule has 0 N–H and O–H groups in total. The molecular weight excluding hydrogens is 258 g/mol. The second-order valence-electron chi connectivity index (χ2n) is 4.64. The molecule has 0 spiro atoms. The van der Waals surface area contributed by atoms with Crippen LogP contribution in [-0.4, -0.2) is 0 Å². The lowest BCUT2D eigenvalue weighted by Crippen LogP contribution is -1.90. The van der Waals surface area contributed by atoms with Gasteiger partial charge < -0.3 is 4.74 Å². The number of halogens is 1. The van der Waals surface area contributed by atoms with Gasteiger partial charge in [0.2, 0.25) is 0 Å². The van der Waals surface area contributed by atoms with Crippen LogP contribution in [0.3, 0.4) is 0 Å². The van der Waals surface area contributed by atoms with Gasteiger partial charge in [0.15, 0.2) is 0 Å². The molecule has 1 aliphatic carbocycles. The molecule has 0 atom stereocenters. The molecule has 0 heterocycles. The summed E-state index contributed by atoms with van der Waals surface area (Å²) in [6, 6.07) is 13.3. The second kappa shape index (κ2) is 4.95. The molecule has 0 fully saturated rings. The fourth-order valence-electron chi connectivity index (χ4n) is 2.41.